The Bertz CT molecular complexity index is 816. The molecule has 3 rings (SSSR count). The first-order valence-corrected chi connectivity index (χ1v) is 10.4. The number of ether oxygens (including phenoxy) is 1. The molecule has 1 aliphatic carbocycles. The van der Waals surface area contributed by atoms with Crippen molar-refractivity contribution in [1.29, 1.82) is 0 Å². The summed E-state index contributed by atoms with van der Waals surface area (Å²) < 4.78 is 11.7. The molecule has 1 fully saturated rings. The Morgan fingerprint density at radius 2 is 2.07 bits per heavy atom. The van der Waals surface area contributed by atoms with Crippen molar-refractivity contribution >= 4 is 29.9 Å². The molecule has 1 unspecified atom stereocenters. The van der Waals surface area contributed by atoms with Gasteiger partial charge >= 0.3 is 0 Å². The average Bonchev–Trinajstić information content (AvgIpc) is 3.37. The summed E-state index contributed by atoms with van der Waals surface area (Å²) in [5, 5.41) is 17.1. The van der Waals surface area contributed by atoms with Crippen molar-refractivity contribution in [2.45, 2.75) is 64.7 Å². The molecular formula is C22H33IN4O3. The number of aliphatic imine (C=N–C) groups is 1. The molecule has 30 heavy (non-hydrogen) atoms. The molecule has 0 aromatic carbocycles. The molecule has 7 nitrogen and oxygen atoms in total. The van der Waals surface area contributed by atoms with Gasteiger partial charge in [0.1, 0.15) is 23.2 Å². The van der Waals surface area contributed by atoms with Crippen molar-refractivity contribution in [3.8, 4) is 5.88 Å². The van der Waals surface area contributed by atoms with Crippen LogP contribution >= 0.6 is 24.0 Å². The molecule has 166 valence electrons. The van der Waals surface area contributed by atoms with E-state index in [4.69, 9.17) is 9.15 Å². The zero-order chi connectivity index (χ0) is 20.7. The van der Waals surface area contributed by atoms with Gasteiger partial charge in [-0.1, -0.05) is 6.07 Å². The second-order valence-corrected chi connectivity index (χ2v) is 7.72. The number of nitrogens with one attached hydrogen (secondary N) is 2. The fourth-order valence-corrected chi connectivity index (χ4v) is 3.39. The number of hydrogen-bond acceptors (Lipinski definition) is 5. The highest BCUT2D eigenvalue weighted by atomic mass is 127. The predicted molar refractivity (Wildman–Crippen MR) is 128 cm³/mol. The van der Waals surface area contributed by atoms with Crippen molar-refractivity contribution < 1.29 is 14.3 Å². The topological polar surface area (TPSA) is 91.9 Å². The summed E-state index contributed by atoms with van der Waals surface area (Å²) in [7, 11) is 0. The van der Waals surface area contributed by atoms with Crippen LogP contribution in [0.1, 0.15) is 56.6 Å². The highest BCUT2D eigenvalue weighted by molar-refractivity contribution is 14.0. The van der Waals surface area contributed by atoms with E-state index < -0.39 is 5.60 Å². The van der Waals surface area contributed by atoms with E-state index in [1.807, 2.05) is 32.0 Å². The maximum atomic E-state index is 10.7. The molecule has 0 amide bonds. The van der Waals surface area contributed by atoms with Gasteiger partial charge in [-0.25, -0.2) is 9.98 Å². The van der Waals surface area contributed by atoms with Crippen molar-refractivity contribution in [3.05, 3.63) is 47.5 Å². The summed E-state index contributed by atoms with van der Waals surface area (Å²) in [6.07, 6.45) is 6.62. The van der Waals surface area contributed by atoms with Gasteiger partial charge < -0.3 is 24.9 Å². The molecule has 2 aromatic heterocycles. The van der Waals surface area contributed by atoms with Crippen molar-refractivity contribution in [3.63, 3.8) is 0 Å². The Morgan fingerprint density at radius 3 is 2.73 bits per heavy atom. The van der Waals surface area contributed by atoms with E-state index in [1.54, 1.807) is 19.2 Å². The van der Waals surface area contributed by atoms with Crippen LogP contribution in [0.2, 0.25) is 0 Å². The lowest BCUT2D eigenvalue weighted by Crippen LogP contribution is -2.44. The number of guanidine groups is 1. The number of hydrogen-bond donors (Lipinski definition) is 3. The van der Waals surface area contributed by atoms with Gasteiger partial charge in [0.2, 0.25) is 5.88 Å². The molecular weight excluding hydrogens is 495 g/mol. The molecule has 0 spiro atoms. The molecule has 8 heteroatoms. The van der Waals surface area contributed by atoms with Crippen LogP contribution in [0.5, 0.6) is 5.88 Å². The van der Waals surface area contributed by atoms with Gasteiger partial charge in [-0.05, 0) is 64.7 Å². The maximum Gasteiger partial charge on any atom is 0.218 e. The smallest absolute Gasteiger partial charge is 0.218 e. The Kier molecular flexibility index (Phi) is 9.41. The molecule has 1 atom stereocenters. The monoisotopic (exact) mass is 528 g/mol. The number of halogens is 1. The van der Waals surface area contributed by atoms with E-state index in [-0.39, 0.29) is 36.6 Å². The maximum absolute atomic E-state index is 10.7. The molecule has 0 bridgehead atoms. The molecule has 2 heterocycles. The molecule has 0 aliphatic heterocycles. The summed E-state index contributed by atoms with van der Waals surface area (Å²) in [5.41, 5.74) is -0.194. The standard InChI is InChI=1S/C22H32N4O3.HI/c1-4-23-21(26-15-22(3,27)19-12-11-16(2)28-19)25-14-17-8-7-13-24-20(17)29-18-9-5-6-10-18;/h7-8,11-13,18,27H,4-6,9-10,14-15H2,1-3H3,(H2,23,25,26);1H. The number of aliphatic hydroxyl groups is 1. The normalized spacial score (nSPS) is 16.6. The molecule has 3 N–H and O–H groups in total. The molecule has 0 radical (unpaired) electrons. The van der Waals surface area contributed by atoms with E-state index >= 15 is 0 Å². The minimum Gasteiger partial charge on any atom is -0.474 e. The third-order valence-electron chi connectivity index (χ3n) is 5.05. The Balaban J connectivity index is 0.00000320. The fraction of sp³-hybridized carbons (Fsp3) is 0.545. The number of aryl methyl sites for hydroxylation is 1. The zero-order valence-electron chi connectivity index (χ0n) is 18.0. The number of aromatic nitrogens is 1. The van der Waals surface area contributed by atoms with Gasteiger partial charge in [0.05, 0.1) is 13.1 Å². The van der Waals surface area contributed by atoms with Crippen LogP contribution in [-0.4, -0.2) is 35.2 Å². The van der Waals surface area contributed by atoms with Crippen molar-refractivity contribution in [1.82, 2.24) is 15.6 Å². The number of furan rings is 1. The predicted octanol–water partition coefficient (Wildman–Crippen LogP) is 3.89. The van der Waals surface area contributed by atoms with Gasteiger partial charge in [0, 0.05) is 18.3 Å². The van der Waals surface area contributed by atoms with Gasteiger partial charge in [-0.3, -0.25) is 0 Å². The van der Waals surface area contributed by atoms with E-state index in [0.717, 1.165) is 24.2 Å². The quantitative estimate of drug-likeness (QED) is 0.274. The fourth-order valence-electron chi connectivity index (χ4n) is 3.39. The largest absolute Gasteiger partial charge is 0.474 e. The Labute approximate surface area is 195 Å². The summed E-state index contributed by atoms with van der Waals surface area (Å²) in [6.45, 7) is 7.00. The van der Waals surface area contributed by atoms with Crippen LogP contribution in [0, 0.1) is 6.92 Å². The second-order valence-electron chi connectivity index (χ2n) is 7.72. The number of pyridine rings is 1. The van der Waals surface area contributed by atoms with Crippen LogP contribution in [0.25, 0.3) is 0 Å². The first-order chi connectivity index (χ1) is 14.0. The van der Waals surface area contributed by atoms with Crippen LogP contribution in [0.3, 0.4) is 0 Å². The van der Waals surface area contributed by atoms with Gasteiger partial charge in [0.15, 0.2) is 5.96 Å². The van der Waals surface area contributed by atoms with Crippen LogP contribution in [0.4, 0.5) is 0 Å². The first kappa shape index (κ1) is 24.5. The minimum atomic E-state index is -1.14. The van der Waals surface area contributed by atoms with Gasteiger partial charge in [-0.15, -0.1) is 24.0 Å². The van der Waals surface area contributed by atoms with Crippen LogP contribution in [-0.2, 0) is 12.1 Å². The van der Waals surface area contributed by atoms with E-state index in [9.17, 15) is 5.11 Å². The molecule has 0 saturated heterocycles. The number of rotatable bonds is 8. The van der Waals surface area contributed by atoms with E-state index in [1.165, 1.54) is 12.8 Å². The van der Waals surface area contributed by atoms with Crippen molar-refractivity contribution in [2.75, 3.05) is 13.1 Å². The zero-order valence-corrected chi connectivity index (χ0v) is 20.3. The Morgan fingerprint density at radius 1 is 1.30 bits per heavy atom. The first-order valence-electron chi connectivity index (χ1n) is 10.4. The minimum absolute atomic E-state index is 0. The van der Waals surface area contributed by atoms with E-state index in [2.05, 4.69) is 20.6 Å². The molecule has 1 aliphatic rings. The molecule has 2 aromatic rings. The van der Waals surface area contributed by atoms with Crippen LogP contribution in [0.15, 0.2) is 39.9 Å². The van der Waals surface area contributed by atoms with Crippen LogP contribution < -0.4 is 15.4 Å². The highest BCUT2D eigenvalue weighted by Crippen LogP contribution is 2.25. The lowest BCUT2D eigenvalue weighted by molar-refractivity contribution is 0.0378. The summed E-state index contributed by atoms with van der Waals surface area (Å²) in [6, 6.07) is 7.53. The molecule has 1 saturated carbocycles. The summed E-state index contributed by atoms with van der Waals surface area (Å²) in [4.78, 5) is 9.06. The highest BCUT2D eigenvalue weighted by Gasteiger charge is 2.27. The van der Waals surface area contributed by atoms with Gasteiger partial charge in [0.25, 0.3) is 0 Å². The van der Waals surface area contributed by atoms with Gasteiger partial charge in [-0.2, -0.15) is 0 Å². The third kappa shape index (κ3) is 6.87. The SMILES string of the molecule is CCNC(=NCc1cccnc1OC1CCCC1)NCC(C)(O)c1ccc(C)o1.I. The van der Waals surface area contributed by atoms with Crippen molar-refractivity contribution in [2.24, 2.45) is 4.99 Å². The number of nitrogens with zero attached hydrogens (tertiary/aromatic N) is 2. The second kappa shape index (κ2) is 11.5. The lowest BCUT2D eigenvalue weighted by atomic mass is 10.0. The lowest BCUT2D eigenvalue weighted by Gasteiger charge is -2.23. The average molecular weight is 528 g/mol. The van der Waals surface area contributed by atoms with E-state index in [0.29, 0.717) is 30.7 Å². The Hall–Kier alpha value is -1.81. The third-order valence-corrected chi connectivity index (χ3v) is 5.05. The summed E-state index contributed by atoms with van der Waals surface area (Å²) >= 11 is 0. The summed E-state index contributed by atoms with van der Waals surface area (Å²) in [5.74, 6) is 2.58.